The van der Waals surface area contributed by atoms with Gasteiger partial charge in [-0.1, -0.05) is 6.58 Å². The standard InChI is InChI=1S/C25H29BrF2N6O3/c1-2-22(35)32-20-5-4-17(12-21(20)37-11-10-33-8-3-7-25(27,28)16-33)23(36)34-9-6-19(15-34)31-24-29-13-18(26)14-30-24/h2,4-5,12-14,19H,1,3,6-11,15-16H2,(H,32,35)(H,29,30,31). The van der Waals surface area contributed by atoms with E-state index in [0.29, 0.717) is 55.5 Å². The maximum Gasteiger partial charge on any atom is 0.260 e. The molecular formula is C25H29BrF2N6O3. The van der Waals surface area contributed by atoms with Gasteiger partial charge in [0.1, 0.15) is 12.4 Å². The molecule has 2 aliphatic heterocycles. The van der Waals surface area contributed by atoms with Crippen molar-refractivity contribution in [3.63, 3.8) is 0 Å². The number of alkyl halides is 2. The molecule has 1 aromatic carbocycles. The highest BCUT2D eigenvalue weighted by Crippen LogP contribution is 2.29. The van der Waals surface area contributed by atoms with Gasteiger partial charge in [0.15, 0.2) is 0 Å². The predicted octanol–water partition coefficient (Wildman–Crippen LogP) is 3.80. The van der Waals surface area contributed by atoms with E-state index in [0.717, 1.165) is 17.0 Å². The maximum absolute atomic E-state index is 13.7. The van der Waals surface area contributed by atoms with Crippen LogP contribution in [-0.4, -0.2) is 82.9 Å². The summed E-state index contributed by atoms with van der Waals surface area (Å²) in [5.74, 6) is -2.51. The Morgan fingerprint density at radius 2 is 2.05 bits per heavy atom. The molecule has 2 saturated heterocycles. The van der Waals surface area contributed by atoms with E-state index in [2.05, 4.69) is 43.1 Å². The van der Waals surface area contributed by atoms with E-state index in [-0.39, 0.29) is 31.5 Å². The number of ether oxygens (including phenoxy) is 1. The van der Waals surface area contributed by atoms with Gasteiger partial charge in [-0.15, -0.1) is 0 Å². The number of carbonyl (C=O) groups is 2. The lowest BCUT2D eigenvalue weighted by molar-refractivity contribution is -0.111. The van der Waals surface area contributed by atoms with Crippen molar-refractivity contribution in [3.8, 4) is 5.75 Å². The van der Waals surface area contributed by atoms with Crippen LogP contribution in [0.2, 0.25) is 0 Å². The fourth-order valence-corrected chi connectivity index (χ4v) is 4.60. The summed E-state index contributed by atoms with van der Waals surface area (Å²) in [4.78, 5) is 36.9. The van der Waals surface area contributed by atoms with Crippen LogP contribution in [0.15, 0.2) is 47.7 Å². The van der Waals surface area contributed by atoms with E-state index >= 15 is 0 Å². The van der Waals surface area contributed by atoms with Gasteiger partial charge >= 0.3 is 0 Å². The van der Waals surface area contributed by atoms with Crippen LogP contribution < -0.4 is 15.4 Å². The highest BCUT2D eigenvalue weighted by Gasteiger charge is 2.35. The molecule has 0 bridgehead atoms. The zero-order chi connectivity index (χ0) is 26.4. The van der Waals surface area contributed by atoms with Crippen LogP contribution in [0.1, 0.15) is 29.6 Å². The number of nitrogens with zero attached hydrogens (tertiary/aromatic N) is 4. The first-order chi connectivity index (χ1) is 17.7. The second-order valence-corrected chi connectivity index (χ2v) is 10.0. The molecule has 2 amide bonds. The molecule has 2 fully saturated rings. The number of hydrogen-bond acceptors (Lipinski definition) is 7. The third-order valence-electron chi connectivity index (χ3n) is 6.24. The summed E-state index contributed by atoms with van der Waals surface area (Å²) in [6.45, 7) is 5.20. The van der Waals surface area contributed by atoms with Crippen LogP contribution in [0.5, 0.6) is 5.75 Å². The van der Waals surface area contributed by atoms with Crippen LogP contribution in [0.4, 0.5) is 20.4 Å². The van der Waals surface area contributed by atoms with E-state index < -0.39 is 11.8 Å². The van der Waals surface area contributed by atoms with E-state index in [4.69, 9.17) is 4.74 Å². The van der Waals surface area contributed by atoms with Crippen LogP contribution in [0, 0.1) is 0 Å². The highest BCUT2D eigenvalue weighted by atomic mass is 79.9. The van der Waals surface area contributed by atoms with Crippen molar-refractivity contribution in [3.05, 3.63) is 53.3 Å². The number of amides is 2. The van der Waals surface area contributed by atoms with Crippen LogP contribution in [0.25, 0.3) is 0 Å². The van der Waals surface area contributed by atoms with Crippen molar-refractivity contribution >= 4 is 39.4 Å². The molecule has 2 aromatic rings. The Morgan fingerprint density at radius 1 is 1.27 bits per heavy atom. The quantitative estimate of drug-likeness (QED) is 0.436. The first-order valence-electron chi connectivity index (χ1n) is 12.1. The van der Waals surface area contributed by atoms with Crippen LogP contribution >= 0.6 is 15.9 Å². The molecule has 0 spiro atoms. The topological polar surface area (TPSA) is 99.7 Å². The second-order valence-electron chi connectivity index (χ2n) is 9.09. The number of anilines is 2. The van der Waals surface area contributed by atoms with Gasteiger partial charge < -0.3 is 20.3 Å². The molecule has 4 rings (SSSR count). The van der Waals surface area contributed by atoms with Gasteiger partial charge in [-0.25, -0.2) is 18.7 Å². The van der Waals surface area contributed by atoms with E-state index in [1.165, 1.54) is 0 Å². The number of halogens is 3. The fraction of sp³-hybridized carbons (Fsp3) is 0.440. The first kappa shape index (κ1) is 26.9. The van der Waals surface area contributed by atoms with Crippen molar-refractivity contribution in [1.29, 1.82) is 0 Å². The molecule has 198 valence electrons. The summed E-state index contributed by atoms with van der Waals surface area (Å²) in [5.41, 5.74) is 0.774. The maximum atomic E-state index is 13.7. The monoisotopic (exact) mass is 578 g/mol. The van der Waals surface area contributed by atoms with Gasteiger partial charge in [0, 0.05) is 50.1 Å². The van der Waals surface area contributed by atoms with Crippen molar-refractivity contribution < 1.29 is 23.1 Å². The number of aromatic nitrogens is 2. The molecule has 37 heavy (non-hydrogen) atoms. The average molecular weight is 579 g/mol. The second kappa shape index (κ2) is 12.0. The molecule has 1 aromatic heterocycles. The lowest BCUT2D eigenvalue weighted by atomic mass is 10.1. The lowest BCUT2D eigenvalue weighted by Crippen LogP contribution is -2.44. The minimum atomic E-state index is -2.69. The number of benzene rings is 1. The molecule has 1 unspecified atom stereocenters. The van der Waals surface area contributed by atoms with Gasteiger partial charge in [-0.05, 0) is 59.6 Å². The number of carbonyl (C=O) groups excluding carboxylic acids is 2. The number of nitrogens with one attached hydrogen (secondary N) is 2. The molecule has 3 heterocycles. The Balaban J connectivity index is 1.40. The molecular weight excluding hydrogens is 550 g/mol. The zero-order valence-electron chi connectivity index (χ0n) is 20.3. The summed E-state index contributed by atoms with van der Waals surface area (Å²) < 4.78 is 34.1. The molecule has 9 nitrogen and oxygen atoms in total. The van der Waals surface area contributed by atoms with Crippen molar-refractivity contribution in [1.82, 2.24) is 19.8 Å². The first-order valence-corrected chi connectivity index (χ1v) is 12.9. The normalized spacial score (nSPS) is 19.3. The SMILES string of the molecule is C=CC(=O)Nc1ccc(C(=O)N2CCC(Nc3ncc(Br)cn3)C2)cc1OCCN1CCCC(F)(F)C1. The molecule has 2 aliphatic rings. The smallest absolute Gasteiger partial charge is 0.260 e. The minimum Gasteiger partial charge on any atom is -0.490 e. The Kier molecular flexibility index (Phi) is 8.70. The minimum absolute atomic E-state index is 0.00895. The third-order valence-corrected chi connectivity index (χ3v) is 6.65. The van der Waals surface area contributed by atoms with Gasteiger partial charge in [0.05, 0.1) is 16.7 Å². The van der Waals surface area contributed by atoms with Gasteiger partial charge in [0.25, 0.3) is 11.8 Å². The Hall–Kier alpha value is -3.12. The number of piperidine rings is 1. The van der Waals surface area contributed by atoms with E-state index in [1.807, 2.05) is 0 Å². The summed E-state index contributed by atoms with van der Waals surface area (Å²) in [7, 11) is 0. The number of likely N-dealkylation sites (tertiary alicyclic amines) is 2. The molecule has 12 heteroatoms. The summed E-state index contributed by atoms with van der Waals surface area (Å²) in [6.07, 6.45) is 5.50. The van der Waals surface area contributed by atoms with Crippen molar-refractivity contribution in [2.45, 2.75) is 31.2 Å². The van der Waals surface area contributed by atoms with Crippen molar-refractivity contribution in [2.24, 2.45) is 0 Å². The predicted molar refractivity (Wildman–Crippen MR) is 139 cm³/mol. The Morgan fingerprint density at radius 3 is 2.78 bits per heavy atom. The molecule has 1 atom stereocenters. The van der Waals surface area contributed by atoms with Gasteiger partial charge in [-0.3, -0.25) is 14.5 Å². The largest absolute Gasteiger partial charge is 0.490 e. The summed E-state index contributed by atoms with van der Waals surface area (Å²) in [6, 6.07) is 4.80. The number of rotatable bonds is 9. The van der Waals surface area contributed by atoms with Crippen LogP contribution in [0.3, 0.4) is 0 Å². The summed E-state index contributed by atoms with van der Waals surface area (Å²) in [5, 5.41) is 5.91. The van der Waals surface area contributed by atoms with E-state index in [9.17, 15) is 18.4 Å². The Labute approximate surface area is 222 Å². The van der Waals surface area contributed by atoms with Crippen molar-refractivity contribution in [2.75, 3.05) is 50.0 Å². The number of hydrogen-bond donors (Lipinski definition) is 2. The average Bonchev–Trinajstić information content (AvgIpc) is 3.33. The fourth-order valence-electron chi connectivity index (χ4n) is 4.40. The molecule has 0 aliphatic carbocycles. The zero-order valence-corrected chi connectivity index (χ0v) is 21.8. The molecule has 0 radical (unpaired) electrons. The Bertz CT molecular complexity index is 1130. The summed E-state index contributed by atoms with van der Waals surface area (Å²) >= 11 is 3.30. The van der Waals surface area contributed by atoms with Gasteiger partial charge in [0.2, 0.25) is 11.9 Å². The van der Waals surface area contributed by atoms with Crippen LogP contribution in [-0.2, 0) is 4.79 Å². The molecule has 2 N–H and O–H groups in total. The molecule has 0 saturated carbocycles. The van der Waals surface area contributed by atoms with Gasteiger partial charge in [-0.2, -0.15) is 0 Å². The highest BCUT2D eigenvalue weighted by molar-refractivity contribution is 9.10. The lowest BCUT2D eigenvalue weighted by Gasteiger charge is -2.32. The third kappa shape index (κ3) is 7.45. The van der Waals surface area contributed by atoms with E-state index in [1.54, 1.807) is 40.4 Å².